The molecule has 2 rings (SSSR count). The molecule has 1 aromatic heterocycles. The Labute approximate surface area is 70.5 Å². The highest BCUT2D eigenvalue weighted by molar-refractivity contribution is 5.77. The minimum absolute atomic E-state index is 0.823. The van der Waals surface area contributed by atoms with Crippen LogP contribution in [0.2, 0.25) is 0 Å². The van der Waals surface area contributed by atoms with Crippen LogP contribution in [0, 0.1) is 5.92 Å². The molecule has 1 fully saturated rings. The van der Waals surface area contributed by atoms with E-state index < -0.39 is 0 Å². The van der Waals surface area contributed by atoms with Gasteiger partial charge in [0.2, 0.25) is 0 Å². The van der Waals surface area contributed by atoms with E-state index in [4.69, 9.17) is 5.21 Å². The standard InChI is InChI=1S/C8H11N3O/c12-10-4-8-3-9-11(6-8)5-7-1-2-7/h3-4,6-7,12H,1-2,5H2. The first-order chi connectivity index (χ1) is 5.88. The maximum Gasteiger partial charge on any atom is 0.0765 e. The number of oxime groups is 1. The molecule has 0 amide bonds. The summed E-state index contributed by atoms with van der Waals surface area (Å²) in [5.41, 5.74) is 0.846. The molecule has 0 aliphatic heterocycles. The Balaban J connectivity index is 2.01. The zero-order valence-corrected chi connectivity index (χ0v) is 6.72. The van der Waals surface area contributed by atoms with Crippen LogP contribution in [0.4, 0.5) is 0 Å². The van der Waals surface area contributed by atoms with Crippen molar-refractivity contribution in [3.05, 3.63) is 18.0 Å². The predicted octanol–water partition coefficient (Wildman–Crippen LogP) is 1.10. The van der Waals surface area contributed by atoms with Crippen LogP contribution in [0.15, 0.2) is 17.5 Å². The van der Waals surface area contributed by atoms with Gasteiger partial charge in [-0.3, -0.25) is 4.68 Å². The first kappa shape index (κ1) is 7.34. The molecule has 0 atom stereocenters. The molecule has 1 aromatic rings. The Kier molecular flexibility index (Phi) is 1.81. The van der Waals surface area contributed by atoms with Crippen molar-refractivity contribution in [1.82, 2.24) is 9.78 Å². The third-order valence-electron chi connectivity index (χ3n) is 2.00. The lowest BCUT2D eigenvalue weighted by molar-refractivity contribution is 0.322. The zero-order valence-electron chi connectivity index (χ0n) is 6.72. The van der Waals surface area contributed by atoms with Gasteiger partial charge in [-0.15, -0.1) is 0 Å². The van der Waals surface area contributed by atoms with Gasteiger partial charge in [-0.05, 0) is 18.8 Å². The van der Waals surface area contributed by atoms with Crippen molar-refractivity contribution in [3.63, 3.8) is 0 Å². The fourth-order valence-electron chi connectivity index (χ4n) is 1.18. The quantitative estimate of drug-likeness (QED) is 0.414. The fraction of sp³-hybridized carbons (Fsp3) is 0.500. The minimum Gasteiger partial charge on any atom is -0.411 e. The van der Waals surface area contributed by atoms with Crippen LogP contribution in [0.1, 0.15) is 18.4 Å². The van der Waals surface area contributed by atoms with E-state index in [1.165, 1.54) is 19.1 Å². The first-order valence-corrected chi connectivity index (χ1v) is 4.08. The van der Waals surface area contributed by atoms with Crippen LogP contribution in [0.3, 0.4) is 0 Å². The largest absolute Gasteiger partial charge is 0.411 e. The van der Waals surface area contributed by atoms with Crippen LogP contribution in [0.5, 0.6) is 0 Å². The van der Waals surface area contributed by atoms with E-state index in [1.54, 1.807) is 6.20 Å². The second kappa shape index (κ2) is 2.97. The molecule has 1 aliphatic rings. The Bertz CT molecular complexity index is 288. The average Bonchev–Trinajstić information content (AvgIpc) is 2.74. The molecule has 0 radical (unpaired) electrons. The molecule has 0 saturated heterocycles. The van der Waals surface area contributed by atoms with Crippen LogP contribution in [0.25, 0.3) is 0 Å². The highest BCUT2D eigenvalue weighted by atomic mass is 16.4. The van der Waals surface area contributed by atoms with Gasteiger partial charge in [0, 0.05) is 18.3 Å². The molecule has 0 unspecified atom stereocenters. The summed E-state index contributed by atoms with van der Waals surface area (Å²) in [6, 6.07) is 0. The molecule has 0 bridgehead atoms. The van der Waals surface area contributed by atoms with Crippen molar-refractivity contribution in [2.75, 3.05) is 0 Å². The lowest BCUT2D eigenvalue weighted by Crippen LogP contribution is -1.99. The van der Waals surface area contributed by atoms with Gasteiger partial charge < -0.3 is 5.21 Å². The topological polar surface area (TPSA) is 50.4 Å². The van der Waals surface area contributed by atoms with Gasteiger partial charge in [0.15, 0.2) is 0 Å². The molecular weight excluding hydrogens is 154 g/mol. The molecule has 1 saturated carbocycles. The number of hydrogen-bond donors (Lipinski definition) is 1. The van der Waals surface area contributed by atoms with Crippen LogP contribution >= 0.6 is 0 Å². The van der Waals surface area contributed by atoms with Gasteiger partial charge in [-0.25, -0.2) is 0 Å². The SMILES string of the molecule is ON=Cc1cnn(CC2CC2)c1. The summed E-state index contributed by atoms with van der Waals surface area (Å²) >= 11 is 0. The van der Waals surface area contributed by atoms with Crippen molar-refractivity contribution >= 4 is 6.21 Å². The predicted molar refractivity (Wildman–Crippen MR) is 44.3 cm³/mol. The van der Waals surface area contributed by atoms with E-state index >= 15 is 0 Å². The molecule has 1 N–H and O–H groups in total. The Morgan fingerprint density at radius 1 is 1.75 bits per heavy atom. The van der Waals surface area contributed by atoms with E-state index in [0.29, 0.717) is 0 Å². The Morgan fingerprint density at radius 3 is 3.25 bits per heavy atom. The summed E-state index contributed by atoms with van der Waals surface area (Å²) in [7, 11) is 0. The monoisotopic (exact) mass is 165 g/mol. The second-order valence-electron chi connectivity index (χ2n) is 3.18. The van der Waals surface area contributed by atoms with Crippen molar-refractivity contribution in [3.8, 4) is 0 Å². The van der Waals surface area contributed by atoms with E-state index in [0.717, 1.165) is 18.0 Å². The third kappa shape index (κ3) is 1.64. The van der Waals surface area contributed by atoms with Crippen LogP contribution in [-0.2, 0) is 6.54 Å². The van der Waals surface area contributed by atoms with Gasteiger partial charge in [0.1, 0.15) is 0 Å². The molecule has 64 valence electrons. The van der Waals surface area contributed by atoms with E-state index in [2.05, 4.69) is 10.3 Å². The maximum atomic E-state index is 8.26. The molecule has 4 heteroatoms. The van der Waals surface area contributed by atoms with Crippen molar-refractivity contribution < 1.29 is 5.21 Å². The first-order valence-electron chi connectivity index (χ1n) is 4.08. The fourth-order valence-corrected chi connectivity index (χ4v) is 1.18. The summed E-state index contributed by atoms with van der Waals surface area (Å²) in [5, 5.41) is 15.3. The lowest BCUT2D eigenvalue weighted by Gasteiger charge is -1.95. The molecule has 0 aromatic carbocycles. The summed E-state index contributed by atoms with van der Waals surface area (Å²) in [4.78, 5) is 0. The second-order valence-corrected chi connectivity index (χ2v) is 3.18. The van der Waals surface area contributed by atoms with E-state index in [1.807, 2.05) is 10.9 Å². The normalized spacial score (nSPS) is 17.3. The number of aromatic nitrogens is 2. The van der Waals surface area contributed by atoms with Crippen LogP contribution in [-0.4, -0.2) is 21.2 Å². The number of nitrogens with zero attached hydrogens (tertiary/aromatic N) is 3. The highest BCUT2D eigenvalue weighted by Gasteiger charge is 2.21. The minimum atomic E-state index is 0.823. The van der Waals surface area contributed by atoms with Crippen molar-refractivity contribution in [2.24, 2.45) is 11.1 Å². The van der Waals surface area contributed by atoms with E-state index in [-0.39, 0.29) is 0 Å². The summed E-state index contributed by atoms with van der Waals surface area (Å²) < 4.78 is 1.90. The molecule has 1 heterocycles. The number of rotatable bonds is 3. The van der Waals surface area contributed by atoms with Gasteiger partial charge in [-0.1, -0.05) is 5.16 Å². The average molecular weight is 165 g/mol. The van der Waals surface area contributed by atoms with Gasteiger partial charge in [0.25, 0.3) is 0 Å². The Morgan fingerprint density at radius 2 is 2.58 bits per heavy atom. The molecule has 0 spiro atoms. The van der Waals surface area contributed by atoms with Crippen molar-refractivity contribution in [1.29, 1.82) is 0 Å². The van der Waals surface area contributed by atoms with Crippen LogP contribution < -0.4 is 0 Å². The zero-order chi connectivity index (χ0) is 8.39. The smallest absolute Gasteiger partial charge is 0.0765 e. The van der Waals surface area contributed by atoms with Gasteiger partial charge in [-0.2, -0.15) is 5.10 Å². The summed E-state index contributed by atoms with van der Waals surface area (Å²) in [5.74, 6) is 0.823. The molecular formula is C8H11N3O. The lowest BCUT2D eigenvalue weighted by atomic mass is 10.4. The van der Waals surface area contributed by atoms with Gasteiger partial charge in [0.05, 0.1) is 12.4 Å². The highest BCUT2D eigenvalue weighted by Crippen LogP contribution is 2.30. The molecule has 4 nitrogen and oxygen atoms in total. The third-order valence-corrected chi connectivity index (χ3v) is 2.00. The number of hydrogen-bond acceptors (Lipinski definition) is 3. The summed E-state index contributed by atoms with van der Waals surface area (Å²) in [6.45, 7) is 0.999. The van der Waals surface area contributed by atoms with Crippen molar-refractivity contribution in [2.45, 2.75) is 19.4 Å². The summed E-state index contributed by atoms with van der Waals surface area (Å²) in [6.07, 6.45) is 7.61. The molecule has 12 heavy (non-hydrogen) atoms. The maximum absolute atomic E-state index is 8.26. The Hall–Kier alpha value is -1.32. The van der Waals surface area contributed by atoms with E-state index in [9.17, 15) is 0 Å². The van der Waals surface area contributed by atoms with Gasteiger partial charge >= 0.3 is 0 Å². The molecule has 1 aliphatic carbocycles.